The van der Waals surface area contributed by atoms with Crippen LogP contribution in [0.2, 0.25) is 0 Å². The molecule has 94 valence electrons. The molecule has 1 aromatic rings. The van der Waals surface area contributed by atoms with Crippen molar-refractivity contribution in [1.82, 2.24) is 9.88 Å². The fourth-order valence-electron chi connectivity index (χ4n) is 1.33. The first-order chi connectivity index (χ1) is 8.07. The molecule has 1 atom stereocenters. The van der Waals surface area contributed by atoms with Crippen molar-refractivity contribution >= 4 is 17.7 Å². The number of amides is 1. The Morgan fingerprint density at radius 1 is 1.65 bits per heavy atom. The van der Waals surface area contributed by atoms with Gasteiger partial charge in [-0.3, -0.25) is 4.79 Å². The maximum atomic E-state index is 12.1. The number of nitrogens with zero attached hydrogens (tertiary/aromatic N) is 2. The van der Waals surface area contributed by atoms with Crippen LogP contribution in [0.3, 0.4) is 0 Å². The van der Waals surface area contributed by atoms with Gasteiger partial charge in [-0.25, -0.2) is 4.98 Å². The summed E-state index contributed by atoms with van der Waals surface area (Å²) in [5.74, 6) is 1.60. The first-order valence-corrected chi connectivity index (χ1v) is 6.72. The van der Waals surface area contributed by atoms with Gasteiger partial charge in [-0.05, 0) is 24.8 Å². The molecular formula is C12H18N2O2S. The van der Waals surface area contributed by atoms with Crippen LogP contribution in [0.4, 0.5) is 0 Å². The van der Waals surface area contributed by atoms with Gasteiger partial charge in [-0.2, -0.15) is 11.8 Å². The van der Waals surface area contributed by atoms with E-state index in [1.807, 2.05) is 6.92 Å². The summed E-state index contributed by atoms with van der Waals surface area (Å²) < 4.78 is 0. The third-order valence-corrected chi connectivity index (χ3v) is 3.66. The Kier molecular flexibility index (Phi) is 5.28. The van der Waals surface area contributed by atoms with E-state index in [0.29, 0.717) is 0 Å². The van der Waals surface area contributed by atoms with E-state index in [1.165, 1.54) is 12.3 Å². The fourth-order valence-corrected chi connectivity index (χ4v) is 2.13. The largest absolute Gasteiger partial charge is 0.505 e. The SMILES string of the molecule is CCSCC(C)N(C)C(=O)c1ncccc1O. The molecule has 0 spiro atoms. The van der Waals surface area contributed by atoms with Crippen LogP contribution in [0.15, 0.2) is 18.3 Å². The molecule has 1 amide bonds. The van der Waals surface area contributed by atoms with Gasteiger partial charge in [0.2, 0.25) is 0 Å². The van der Waals surface area contributed by atoms with E-state index in [2.05, 4.69) is 11.9 Å². The van der Waals surface area contributed by atoms with Crippen LogP contribution >= 0.6 is 11.8 Å². The van der Waals surface area contributed by atoms with E-state index in [9.17, 15) is 9.90 Å². The summed E-state index contributed by atoms with van der Waals surface area (Å²) in [6.07, 6.45) is 1.51. The lowest BCUT2D eigenvalue weighted by Gasteiger charge is -2.24. The molecule has 0 fully saturated rings. The molecule has 0 aliphatic carbocycles. The highest BCUT2D eigenvalue weighted by Crippen LogP contribution is 2.16. The lowest BCUT2D eigenvalue weighted by Crippen LogP contribution is -2.37. The summed E-state index contributed by atoms with van der Waals surface area (Å²) in [5, 5.41) is 9.57. The summed E-state index contributed by atoms with van der Waals surface area (Å²) in [4.78, 5) is 17.6. The van der Waals surface area contributed by atoms with Crippen LogP contribution in [-0.2, 0) is 0 Å². The molecule has 17 heavy (non-hydrogen) atoms. The quantitative estimate of drug-likeness (QED) is 0.873. The van der Waals surface area contributed by atoms with E-state index in [1.54, 1.807) is 29.8 Å². The van der Waals surface area contributed by atoms with Crippen LogP contribution in [0.25, 0.3) is 0 Å². The molecule has 1 N–H and O–H groups in total. The minimum atomic E-state index is -0.243. The lowest BCUT2D eigenvalue weighted by atomic mass is 10.2. The smallest absolute Gasteiger partial charge is 0.276 e. The van der Waals surface area contributed by atoms with Gasteiger partial charge in [0.05, 0.1) is 0 Å². The summed E-state index contributed by atoms with van der Waals surface area (Å²) in [7, 11) is 1.73. The highest BCUT2D eigenvalue weighted by Gasteiger charge is 2.20. The van der Waals surface area contributed by atoms with Crippen LogP contribution < -0.4 is 0 Å². The first kappa shape index (κ1) is 13.8. The summed E-state index contributed by atoms with van der Waals surface area (Å²) in [6.45, 7) is 4.07. The molecular weight excluding hydrogens is 236 g/mol. The average molecular weight is 254 g/mol. The zero-order valence-electron chi connectivity index (χ0n) is 10.4. The summed E-state index contributed by atoms with van der Waals surface area (Å²) >= 11 is 1.78. The molecule has 0 radical (unpaired) electrons. The van der Waals surface area contributed by atoms with Crippen LogP contribution in [0.1, 0.15) is 24.3 Å². The van der Waals surface area contributed by atoms with Crippen molar-refractivity contribution in [3.05, 3.63) is 24.0 Å². The Balaban J connectivity index is 2.73. The number of carbonyl (C=O) groups is 1. The molecule has 0 saturated carbocycles. The number of aromatic nitrogens is 1. The van der Waals surface area contributed by atoms with Crippen molar-refractivity contribution in [1.29, 1.82) is 0 Å². The molecule has 0 aromatic carbocycles. The second kappa shape index (κ2) is 6.49. The molecule has 1 rings (SSSR count). The predicted octanol–water partition coefficient (Wildman–Crippen LogP) is 2.00. The topological polar surface area (TPSA) is 53.4 Å². The number of thioether (sulfide) groups is 1. The first-order valence-electron chi connectivity index (χ1n) is 5.56. The van der Waals surface area contributed by atoms with Crippen LogP contribution in [-0.4, -0.2) is 45.5 Å². The van der Waals surface area contributed by atoms with Gasteiger partial charge in [-0.15, -0.1) is 0 Å². The molecule has 0 aliphatic heterocycles. The number of pyridine rings is 1. The lowest BCUT2D eigenvalue weighted by molar-refractivity contribution is 0.0748. The fraction of sp³-hybridized carbons (Fsp3) is 0.500. The van der Waals surface area contributed by atoms with E-state index in [4.69, 9.17) is 0 Å². The van der Waals surface area contributed by atoms with E-state index in [-0.39, 0.29) is 23.4 Å². The third-order valence-electron chi connectivity index (χ3n) is 2.53. The second-order valence-electron chi connectivity index (χ2n) is 3.80. The van der Waals surface area contributed by atoms with Crippen molar-refractivity contribution in [2.45, 2.75) is 19.9 Å². The Labute approximate surface area is 106 Å². The maximum absolute atomic E-state index is 12.1. The zero-order valence-corrected chi connectivity index (χ0v) is 11.2. The number of hydrogen-bond acceptors (Lipinski definition) is 4. The molecule has 5 heteroatoms. The van der Waals surface area contributed by atoms with E-state index >= 15 is 0 Å². The van der Waals surface area contributed by atoms with Gasteiger partial charge >= 0.3 is 0 Å². The van der Waals surface area contributed by atoms with Gasteiger partial charge in [0.25, 0.3) is 5.91 Å². The molecule has 0 saturated heterocycles. The van der Waals surface area contributed by atoms with Crippen LogP contribution in [0.5, 0.6) is 5.75 Å². The van der Waals surface area contributed by atoms with Crippen molar-refractivity contribution in [3.63, 3.8) is 0 Å². The number of carbonyl (C=O) groups excluding carboxylic acids is 1. The van der Waals surface area contributed by atoms with Gasteiger partial charge < -0.3 is 10.0 Å². The van der Waals surface area contributed by atoms with Gasteiger partial charge in [-0.1, -0.05) is 6.92 Å². The Morgan fingerprint density at radius 2 is 2.35 bits per heavy atom. The Hall–Kier alpha value is -1.23. The second-order valence-corrected chi connectivity index (χ2v) is 5.11. The molecule has 1 unspecified atom stereocenters. The zero-order chi connectivity index (χ0) is 12.8. The number of hydrogen-bond donors (Lipinski definition) is 1. The maximum Gasteiger partial charge on any atom is 0.276 e. The third kappa shape index (κ3) is 3.63. The standard InChI is InChI=1S/C12H18N2O2S/c1-4-17-8-9(2)14(3)12(16)11-10(15)6-5-7-13-11/h5-7,9,15H,4,8H2,1-3H3. The van der Waals surface area contributed by atoms with Crippen molar-refractivity contribution in [3.8, 4) is 5.75 Å². The van der Waals surface area contributed by atoms with Crippen molar-refractivity contribution in [2.75, 3.05) is 18.6 Å². The molecule has 0 aliphatic rings. The molecule has 0 bridgehead atoms. The Morgan fingerprint density at radius 3 is 2.94 bits per heavy atom. The number of aromatic hydroxyl groups is 1. The predicted molar refractivity (Wildman–Crippen MR) is 70.5 cm³/mol. The van der Waals surface area contributed by atoms with Gasteiger partial charge in [0, 0.05) is 25.0 Å². The summed E-state index contributed by atoms with van der Waals surface area (Å²) in [6, 6.07) is 3.19. The number of rotatable bonds is 5. The van der Waals surface area contributed by atoms with Crippen molar-refractivity contribution in [2.24, 2.45) is 0 Å². The molecule has 1 aromatic heterocycles. The highest BCUT2D eigenvalue weighted by atomic mass is 32.2. The molecule has 4 nitrogen and oxygen atoms in total. The van der Waals surface area contributed by atoms with Crippen molar-refractivity contribution < 1.29 is 9.90 Å². The Bertz CT molecular complexity index is 385. The highest BCUT2D eigenvalue weighted by molar-refractivity contribution is 7.99. The summed E-state index contributed by atoms with van der Waals surface area (Å²) in [5.41, 5.74) is 0.114. The van der Waals surface area contributed by atoms with E-state index < -0.39 is 0 Å². The normalized spacial score (nSPS) is 12.2. The minimum Gasteiger partial charge on any atom is -0.505 e. The van der Waals surface area contributed by atoms with Gasteiger partial charge in [0.15, 0.2) is 5.69 Å². The minimum absolute atomic E-state index is 0.0697. The van der Waals surface area contributed by atoms with E-state index in [0.717, 1.165) is 11.5 Å². The monoisotopic (exact) mass is 254 g/mol. The molecule has 1 heterocycles. The van der Waals surface area contributed by atoms with Crippen LogP contribution in [0, 0.1) is 0 Å². The average Bonchev–Trinajstić information content (AvgIpc) is 2.34. The van der Waals surface area contributed by atoms with Gasteiger partial charge in [0.1, 0.15) is 5.75 Å².